The van der Waals surface area contributed by atoms with Gasteiger partial charge in [0.1, 0.15) is 12.0 Å². The van der Waals surface area contributed by atoms with Crippen LogP contribution < -0.4 is 15.1 Å². The first-order chi connectivity index (χ1) is 14.0. The van der Waals surface area contributed by atoms with Crippen LogP contribution in [-0.4, -0.2) is 48.7 Å². The van der Waals surface area contributed by atoms with Crippen molar-refractivity contribution < 1.29 is 9.84 Å². The quantitative estimate of drug-likeness (QED) is 0.775. The van der Waals surface area contributed by atoms with E-state index >= 15 is 0 Å². The summed E-state index contributed by atoms with van der Waals surface area (Å²) in [6.07, 6.45) is -0.604. The van der Waals surface area contributed by atoms with Gasteiger partial charge < -0.3 is 25.0 Å². The number of rotatable bonds is 4. The zero-order valence-corrected chi connectivity index (χ0v) is 17.4. The average Bonchev–Trinajstić information content (AvgIpc) is 2.72. The molecule has 4 rings (SSSR count). The second kappa shape index (κ2) is 8.05. The van der Waals surface area contributed by atoms with Gasteiger partial charge in [-0.25, -0.2) is 4.98 Å². The molecule has 6 nitrogen and oxygen atoms in total. The van der Waals surface area contributed by atoms with E-state index in [0.717, 1.165) is 54.6 Å². The number of pyridine rings is 1. The highest BCUT2D eigenvalue weighted by molar-refractivity contribution is 5.69. The van der Waals surface area contributed by atoms with E-state index < -0.39 is 6.23 Å². The molecule has 154 valence electrons. The molecule has 29 heavy (non-hydrogen) atoms. The van der Waals surface area contributed by atoms with Gasteiger partial charge in [-0.15, -0.1) is 0 Å². The highest BCUT2D eigenvalue weighted by atomic mass is 16.5. The second-order valence-electron chi connectivity index (χ2n) is 7.87. The minimum atomic E-state index is -0.604. The molecule has 2 aliphatic rings. The lowest BCUT2D eigenvalue weighted by molar-refractivity contribution is 0.122. The van der Waals surface area contributed by atoms with Crippen LogP contribution in [0.2, 0.25) is 0 Å². The summed E-state index contributed by atoms with van der Waals surface area (Å²) in [4.78, 5) is 9.00. The Bertz CT molecular complexity index is 892. The standard InChI is InChI=1S/C23H30N4O2/c1-15-6-5-7-22(24-15)25-23-16(2)17(3)27(18(4)28)21-9-8-19(14-20(21)23)26-10-12-29-13-11-26/h5-9,14,17-18,23,28H,2,10-13H2,1,3-4H3,(H,24,25)/t17-,18?,23-/m0/s1. The number of aryl methyl sites for hydroxylation is 1. The molecule has 0 saturated carbocycles. The summed E-state index contributed by atoms with van der Waals surface area (Å²) in [6.45, 7) is 13.5. The molecule has 1 fully saturated rings. The van der Waals surface area contributed by atoms with Crippen molar-refractivity contribution in [1.82, 2.24) is 4.98 Å². The van der Waals surface area contributed by atoms with Gasteiger partial charge in [-0.2, -0.15) is 0 Å². The summed E-state index contributed by atoms with van der Waals surface area (Å²) in [5, 5.41) is 14.1. The third-order valence-electron chi connectivity index (χ3n) is 5.88. The first kappa shape index (κ1) is 19.7. The Hall–Kier alpha value is -2.57. The monoisotopic (exact) mass is 394 g/mol. The van der Waals surface area contributed by atoms with Crippen LogP contribution >= 0.6 is 0 Å². The molecule has 0 spiro atoms. The molecule has 0 bridgehead atoms. The molecule has 0 amide bonds. The molecule has 3 atom stereocenters. The van der Waals surface area contributed by atoms with Gasteiger partial charge in [0.25, 0.3) is 0 Å². The number of aliphatic hydroxyl groups is 1. The summed E-state index contributed by atoms with van der Waals surface area (Å²) in [6, 6.07) is 12.4. The van der Waals surface area contributed by atoms with Crippen LogP contribution in [0.15, 0.2) is 48.6 Å². The van der Waals surface area contributed by atoms with Crippen molar-refractivity contribution in [2.75, 3.05) is 41.4 Å². The summed E-state index contributed by atoms with van der Waals surface area (Å²) < 4.78 is 5.51. The molecule has 1 unspecified atom stereocenters. The highest BCUT2D eigenvalue weighted by Crippen LogP contribution is 2.43. The molecular weight excluding hydrogens is 364 g/mol. The maximum Gasteiger partial charge on any atom is 0.126 e. The predicted molar refractivity (Wildman–Crippen MR) is 118 cm³/mol. The smallest absolute Gasteiger partial charge is 0.126 e. The maximum absolute atomic E-state index is 10.5. The normalized spacial score (nSPS) is 23.0. The van der Waals surface area contributed by atoms with Crippen LogP contribution in [0.5, 0.6) is 0 Å². The fraction of sp³-hybridized carbons (Fsp3) is 0.435. The molecule has 1 saturated heterocycles. The van der Waals surface area contributed by atoms with Gasteiger partial charge in [0.05, 0.1) is 25.3 Å². The van der Waals surface area contributed by atoms with Crippen LogP contribution in [0.1, 0.15) is 31.1 Å². The predicted octanol–water partition coefficient (Wildman–Crippen LogP) is 3.48. The summed E-state index contributed by atoms with van der Waals surface area (Å²) >= 11 is 0. The van der Waals surface area contributed by atoms with Crippen molar-refractivity contribution in [2.45, 2.75) is 39.1 Å². The van der Waals surface area contributed by atoms with E-state index in [1.807, 2.05) is 30.0 Å². The zero-order chi connectivity index (χ0) is 20.5. The number of morpholine rings is 1. The molecule has 2 aromatic rings. The fourth-order valence-electron chi connectivity index (χ4n) is 4.32. The Kier molecular flexibility index (Phi) is 5.48. The van der Waals surface area contributed by atoms with E-state index in [1.165, 1.54) is 5.69 Å². The van der Waals surface area contributed by atoms with Gasteiger partial charge in [-0.05, 0) is 56.7 Å². The second-order valence-corrected chi connectivity index (χ2v) is 7.87. The Morgan fingerprint density at radius 1 is 1.24 bits per heavy atom. The Labute approximate surface area is 172 Å². The Morgan fingerprint density at radius 2 is 2.00 bits per heavy atom. The van der Waals surface area contributed by atoms with E-state index in [-0.39, 0.29) is 12.1 Å². The van der Waals surface area contributed by atoms with Crippen molar-refractivity contribution in [3.8, 4) is 0 Å². The van der Waals surface area contributed by atoms with Gasteiger partial charge in [-0.3, -0.25) is 0 Å². The van der Waals surface area contributed by atoms with Crippen LogP contribution in [0.4, 0.5) is 17.2 Å². The van der Waals surface area contributed by atoms with Crippen LogP contribution in [0.25, 0.3) is 0 Å². The molecule has 1 aromatic heterocycles. The number of ether oxygens (including phenoxy) is 1. The summed E-state index contributed by atoms with van der Waals surface area (Å²) in [7, 11) is 0. The Balaban J connectivity index is 1.76. The van der Waals surface area contributed by atoms with Gasteiger partial charge in [0.15, 0.2) is 0 Å². The number of aliphatic hydroxyl groups excluding tert-OH is 1. The Morgan fingerprint density at radius 3 is 2.69 bits per heavy atom. The maximum atomic E-state index is 10.5. The van der Waals surface area contributed by atoms with E-state index in [4.69, 9.17) is 4.74 Å². The van der Waals surface area contributed by atoms with Crippen LogP contribution in [0, 0.1) is 6.92 Å². The third kappa shape index (κ3) is 3.82. The van der Waals surface area contributed by atoms with Gasteiger partial charge >= 0.3 is 0 Å². The zero-order valence-electron chi connectivity index (χ0n) is 17.4. The van der Waals surface area contributed by atoms with Crippen molar-refractivity contribution in [3.63, 3.8) is 0 Å². The van der Waals surface area contributed by atoms with Crippen LogP contribution in [0.3, 0.4) is 0 Å². The fourth-order valence-corrected chi connectivity index (χ4v) is 4.32. The minimum Gasteiger partial charge on any atom is -0.378 e. The first-order valence-corrected chi connectivity index (χ1v) is 10.3. The van der Waals surface area contributed by atoms with E-state index in [2.05, 4.69) is 46.9 Å². The summed E-state index contributed by atoms with van der Waals surface area (Å²) in [5.74, 6) is 0.830. The first-order valence-electron chi connectivity index (χ1n) is 10.3. The van der Waals surface area contributed by atoms with Crippen molar-refractivity contribution >= 4 is 17.2 Å². The number of nitrogens with zero attached hydrogens (tertiary/aromatic N) is 3. The van der Waals surface area contributed by atoms with Crippen molar-refractivity contribution in [3.05, 3.63) is 59.8 Å². The number of benzene rings is 1. The molecule has 6 heteroatoms. The molecule has 1 aromatic carbocycles. The van der Waals surface area contributed by atoms with Gasteiger partial charge in [-0.1, -0.05) is 12.6 Å². The lowest BCUT2D eigenvalue weighted by Crippen LogP contribution is -2.47. The molecule has 2 N–H and O–H groups in total. The number of fused-ring (bicyclic) bond motifs is 1. The largest absolute Gasteiger partial charge is 0.378 e. The molecule has 0 radical (unpaired) electrons. The van der Waals surface area contributed by atoms with Crippen molar-refractivity contribution in [2.24, 2.45) is 0 Å². The van der Waals surface area contributed by atoms with Crippen molar-refractivity contribution in [1.29, 1.82) is 0 Å². The average molecular weight is 395 g/mol. The van der Waals surface area contributed by atoms with E-state index in [0.29, 0.717) is 0 Å². The van der Waals surface area contributed by atoms with E-state index in [1.54, 1.807) is 6.92 Å². The lowest BCUT2D eigenvalue weighted by Gasteiger charge is -2.44. The number of nitrogens with one attached hydrogen (secondary N) is 1. The minimum absolute atomic E-state index is 0.000883. The highest BCUT2D eigenvalue weighted by Gasteiger charge is 2.36. The number of hydrogen-bond acceptors (Lipinski definition) is 6. The lowest BCUT2D eigenvalue weighted by atomic mass is 9.87. The molecular formula is C23H30N4O2. The van der Waals surface area contributed by atoms with Gasteiger partial charge in [0, 0.05) is 35.7 Å². The molecule has 2 aliphatic heterocycles. The SMILES string of the molecule is C=C1[C@H](Nc2cccc(C)n2)c2cc(N3CCOCC3)ccc2N(C(C)O)[C@H]1C. The third-order valence-corrected chi connectivity index (χ3v) is 5.88. The molecule has 3 heterocycles. The van der Waals surface area contributed by atoms with Gasteiger partial charge in [0.2, 0.25) is 0 Å². The number of aromatic nitrogens is 1. The van der Waals surface area contributed by atoms with Crippen LogP contribution in [-0.2, 0) is 4.74 Å². The van der Waals surface area contributed by atoms with E-state index in [9.17, 15) is 5.11 Å². The number of hydrogen-bond donors (Lipinski definition) is 2. The number of anilines is 3. The topological polar surface area (TPSA) is 60.9 Å². The summed E-state index contributed by atoms with van der Waals surface area (Å²) in [5.41, 5.74) is 5.30. The molecule has 0 aliphatic carbocycles.